The van der Waals surface area contributed by atoms with E-state index in [4.69, 9.17) is 14.6 Å². The fourth-order valence-corrected chi connectivity index (χ4v) is 3.59. The van der Waals surface area contributed by atoms with E-state index in [1.807, 2.05) is 30.3 Å². The fraction of sp³-hybridized carbons (Fsp3) is 0.600. The normalized spacial score (nSPS) is 24.0. The maximum absolute atomic E-state index is 12.5. The number of rotatable bonds is 5. The summed E-state index contributed by atoms with van der Waals surface area (Å²) in [5, 5.41) is 10.2. The molecule has 1 aromatic rings. The number of fused-ring (bicyclic) bond motifs is 2. The van der Waals surface area contributed by atoms with Gasteiger partial charge in [0.1, 0.15) is 0 Å². The number of aliphatic carboxylic acids is 1. The topological polar surface area (TPSA) is 78.9 Å². The molecule has 0 saturated carbocycles. The van der Waals surface area contributed by atoms with Crippen molar-refractivity contribution in [3.63, 3.8) is 0 Å². The number of hydrogen-bond acceptors (Lipinski definition) is 4. The summed E-state index contributed by atoms with van der Waals surface area (Å²) in [7, 11) is 0. The molecule has 9 heteroatoms. The van der Waals surface area contributed by atoms with Crippen LogP contribution in [0.3, 0.4) is 0 Å². The van der Waals surface area contributed by atoms with Crippen LogP contribution in [0.1, 0.15) is 25.8 Å². The van der Waals surface area contributed by atoms with E-state index in [0.29, 0.717) is 12.5 Å². The largest absolute Gasteiger partial charge is 0.490 e. The summed E-state index contributed by atoms with van der Waals surface area (Å²) in [5.41, 5.74) is 1.14. The van der Waals surface area contributed by atoms with Crippen LogP contribution in [-0.4, -0.2) is 59.9 Å². The Balaban J connectivity index is 0.000000370. The second-order valence-electron chi connectivity index (χ2n) is 7.76. The maximum Gasteiger partial charge on any atom is 0.490 e. The first kappa shape index (κ1) is 23.2. The molecule has 1 amide bonds. The zero-order chi connectivity index (χ0) is 21.6. The van der Waals surface area contributed by atoms with E-state index in [2.05, 4.69) is 24.1 Å². The minimum Gasteiger partial charge on any atom is -0.475 e. The minimum atomic E-state index is -5.08. The third-order valence-electron chi connectivity index (χ3n) is 4.75. The third kappa shape index (κ3) is 7.32. The summed E-state index contributed by atoms with van der Waals surface area (Å²) in [6.45, 7) is 8.02. The van der Waals surface area contributed by atoms with Gasteiger partial charge in [-0.15, -0.1) is 0 Å². The Morgan fingerprint density at radius 2 is 1.86 bits per heavy atom. The number of alkyl halides is 3. The van der Waals surface area contributed by atoms with Crippen LogP contribution < -0.4 is 5.32 Å². The van der Waals surface area contributed by atoms with Gasteiger partial charge in [0.2, 0.25) is 5.91 Å². The predicted molar refractivity (Wildman–Crippen MR) is 100 cm³/mol. The Morgan fingerprint density at radius 3 is 2.41 bits per heavy atom. The van der Waals surface area contributed by atoms with Crippen molar-refractivity contribution in [3.05, 3.63) is 35.9 Å². The van der Waals surface area contributed by atoms with Crippen molar-refractivity contribution in [1.82, 2.24) is 10.2 Å². The zero-order valence-corrected chi connectivity index (χ0v) is 16.5. The first-order valence-corrected chi connectivity index (χ1v) is 9.55. The van der Waals surface area contributed by atoms with Crippen LogP contribution in [0, 0.1) is 11.8 Å². The second-order valence-corrected chi connectivity index (χ2v) is 7.76. The quantitative estimate of drug-likeness (QED) is 0.772. The summed E-state index contributed by atoms with van der Waals surface area (Å²) in [6.07, 6.45) is -3.93. The number of carbonyl (C=O) groups is 2. The number of ether oxygens (including phenoxy) is 1. The number of morpholine rings is 1. The van der Waals surface area contributed by atoms with Crippen molar-refractivity contribution in [2.45, 2.75) is 45.2 Å². The van der Waals surface area contributed by atoms with Crippen molar-refractivity contribution >= 4 is 11.9 Å². The molecule has 2 aliphatic rings. The van der Waals surface area contributed by atoms with Crippen LogP contribution in [0.25, 0.3) is 0 Å². The molecule has 3 atom stereocenters. The van der Waals surface area contributed by atoms with E-state index >= 15 is 0 Å². The monoisotopic (exact) mass is 416 g/mol. The average molecular weight is 416 g/mol. The van der Waals surface area contributed by atoms with E-state index in [0.717, 1.165) is 31.6 Å². The SMILES string of the molecule is CC(C)CN1CC2CC(C(=O)NCc3ccccc3)C(C1)O2.O=C(O)C(F)(F)F. The van der Waals surface area contributed by atoms with Crippen LogP contribution in [0.4, 0.5) is 13.2 Å². The minimum absolute atomic E-state index is 0.00544. The number of carbonyl (C=O) groups excluding carboxylic acids is 1. The molecule has 2 aliphatic heterocycles. The summed E-state index contributed by atoms with van der Waals surface area (Å²) >= 11 is 0. The number of amides is 1. The molecule has 3 rings (SSSR count). The molecule has 29 heavy (non-hydrogen) atoms. The number of benzene rings is 1. The second kappa shape index (κ2) is 10.1. The molecule has 162 valence electrons. The molecule has 2 fully saturated rings. The van der Waals surface area contributed by atoms with Gasteiger partial charge >= 0.3 is 12.1 Å². The van der Waals surface area contributed by atoms with Gasteiger partial charge in [-0.2, -0.15) is 13.2 Å². The molecular weight excluding hydrogens is 389 g/mol. The molecule has 0 aromatic heterocycles. The summed E-state index contributed by atoms with van der Waals surface area (Å²) in [6, 6.07) is 10.1. The van der Waals surface area contributed by atoms with Gasteiger partial charge in [0.05, 0.1) is 18.1 Å². The van der Waals surface area contributed by atoms with Gasteiger partial charge in [0, 0.05) is 26.2 Å². The highest BCUT2D eigenvalue weighted by atomic mass is 19.4. The average Bonchev–Trinajstić information content (AvgIpc) is 2.94. The molecule has 1 aromatic carbocycles. The molecular formula is C20H27F3N2O4. The van der Waals surface area contributed by atoms with E-state index in [1.165, 1.54) is 0 Å². The number of nitrogens with zero attached hydrogens (tertiary/aromatic N) is 1. The lowest BCUT2D eigenvalue weighted by Crippen LogP contribution is -2.46. The van der Waals surface area contributed by atoms with Crippen LogP contribution in [0.2, 0.25) is 0 Å². The Kier molecular flexibility index (Phi) is 8.04. The highest BCUT2D eigenvalue weighted by Crippen LogP contribution is 2.32. The van der Waals surface area contributed by atoms with Crippen LogP contribution in [0.5, 0.6) is 0 Å². The number of carboxylic acids is 1. The molecule has 2 bridgehead atoms. The highest BCUT2D eigenvalue weighted by Gasteiger charge is 2.44. The maximum atomic E-state index is 12.5. The van der Waals surface area contributed by atoms with E-state index in [1.54, 1.807) is 0 Å². The molecule has 2 heterocycles. The molecule has 6 nitrogen and oxygen atoms in total. The summed E-state index contributed by atoms with van der Waals surface area (Å²) in [5.74, 6) is -1.95. The van der Waals surface area contributed by atoms with E-state index < -0.39 is 12.1 Å². The molecule has 2 saturated heterocycles. The van der Waals surface area contributed by atoms with Crippen LogP contribution in [0.15, 0.2) is 30.3 Å². The van der Waals surface area contributed by atoms with E-state index in [9.17, 15) is 18.0 Å². The number of carboxylic acid groups (broad SMARTS) is 1. The standard InChI is InChI=1S/C18H26N2O2.C2HF3O2/c1-13(2)10-20-11-15-8-16(17(12-20)22-15)18(21)19-9-14-6-4-3-5-7-14;3-2(4,5)1(6)7/h3-7,13,15-17H,8-12H2,1-2H3,(H,19,21);(H,6,7). The molecule has 2 N–H and O–H groups in total. The smallest absolute Gasteiger partial charge is 0.475 e. The van der Waals surface area contributed by atoms with Crippen LogP contribution in [-0.2, 0) is 20.9 Å². The highest BCUT2D eigenvalue weighted by molar-refractivity contribution is 5.79. The Hall–Kier alpha value is -2.13. The van der Waals surface area contributed by atoms with Crippen molar-refractivity contribution < 1.29 is 32.6 Å². The van der Waals surface area contributed by atoms with Gasteiger partial charge < -0.3 is 15.2 Å². The van der Waals surface area contributed by atoms with Gasteiger partial charge in [-0.25, -0.2) is 4.79 Å². The van der Waals surface area contributed by atoms with Crippen molar-refractivity contribution in [1.29, 1.82) is 0 Å². The number of hydrogen-bond donors (Lipinski definition) is 2. The van der Waals surface area contributed by atoms with Crippen LogP contribution >= 0.6 is 0 Å². The van der Waals surface area contributed by atoms with Gasteiger partial charge in [0.15, 0.2) is 0 Å². The Bertz CT molecular complexity index is 682. The van der Waals surface area contributed by atoms with E-state index in [-0.39, 0.29) is 24.0 Å². The lowest BCUT2D eigenvalue weighted by molar-refractivity contribution is -0.192. The first-order chi connectivity index (χ1) is 13.6. The third-order valence-corrected chi connectivity index (χ3v) is 4.75. The number of nitrogens with one attached hydrogen (secondary N) is 1. The summed E-state index contributed by atoms with van der Waals surface area (Å²) < 4.78 is 37.7. The number of likely N-dealkylation sites (tertiary alicyclic amines) is 1. The number of halogens is 3. The molecule has 3 unspecified atom stereocenters. The lowest BCUT2D eigenvalue weighted by Gasteiger charge is -2.33. The van der Waals surface area contributed by atoms with Crippen molar-refractivity contribution in [3.8, 4) is 0 Å². The molecule has 0 radical (unpaired) electrons. The Morgan fingerprint density at radius 1 is 1.24 bits per heavy atom. The summed E-state index contributed by atoms with van der Waals surface area (Å²) in [4.78, 5) is 23.8. The van der Waals surface area contributed by atoms with Gasteiger partial charge in [0.25, 0.3) is 0 Å². The first-order valence-electron chi connectivity index (χ1n) is 9.55. The molecule has 0 spiro atoms. The van der Waals surface area contributed by atoms with Gasteiger partial charge in [-0.1, -0.05) is 44.2 Å². The van der Waals surface area contributed by atoms with Crippen molar-refractivity contribution in [2.75, 3.05) is 19.6 Å². The van der Waals surface area contributed by atoms with Gasteiger partial charge in [-0.05, 0) is 17.9 Å². The fourth-order valence-electron chi connectivity index (χ4n) is 3.59. The van der Waals surface area contributed by atoms with Crippen molar-refractivity contribution in [2.24, 2.45) is 11.8 Å². The molecule has 0 aliphatic carbocycles. The lowest BCUT2D eigenvalue weighted by atomic mass is 9.99. The zero-order valence-electron chi connectivity index (χ0n) is 16.5. The Labute approximate surface area is 168 Å². The van der Waals surface area contributed by atoms with Gasteiger partial charge in [-0.3, -0.25) is 9.69 Å². The predicted octanol–water partition coefficient (Wildman–Crippen LogP) is 2.68.